The van der Waals surface area contributed by atoms with Gasteiger partial charge in [0.05, 0.1) is 0 Å². The van der Waals surface area contributed by atoms with Gasteiger partial charge in [-0.15, -0.1) is 0 Å². The minimum Gasteiger partial charge on any atom is -0.316 e. The van der Waals surface area contributed by atoms with E-state index in [0.717, 1.165) is 11.7 Å². The van der Waals surface area contributed by atoms with Crippen molar-refractivity contribution in [2.75, 3.05) is 18.8 Å². The maximum atomic E-state index is 4.22. The molecule has 0 unspecified atom stereocenters. The molecule has 0 radical (unpaired) electrons. The number of thiol groups is 1. The van der Waals surface area contributed by atoms with E-state index >= 15 is 0 Å². The highest BCUT2D eigenvalue weighted by molar-refractivity contribution is 7.80. The molecule has 1 aliphatic heterocycles. The van der Waals surface area contributed by atoms with Crippen molar-refractivity contribution in [3.63, 3.8) is 0 Å². The molecule has 0 aromatic carbocycles. The van der Waals surface area contributed by atoms with Crippen LogP contribution in [0.2, 0.25) is 0 Å². The van der Waals surface area contributed by atoms with E-state index in [0.29, 0.717) is 0 Å². The molecule has 1 aliphatic rings. The van der Waals surface area contributed by atoms with Crippen LogP contribution in [-0.2, 0) is 0 Å². The van der Waals surface area contributed by atoms with Gasteiger partial charge >= 0.3 is 0 Å². The fourth-order valence-corrected chi connectivity index (χ4v) is 1.39. The normalized spacial score (nSPS) is 30.4. The summed E-state index contributed by atoms with van der Waals surface area (Å²) in [5.41, 5.74) is 0. The van der Waals surface area contributed by atoms with E-state index < -0.39 is 0 Å². The van der Waals surface area contributed by atoms with Crippen LogP contribution in [0.15, 0.2) is 0 Å². The summed E-state index contributed by atoms with van der Waals surface area (Å²) in [7, 11) is 0. The van der Waals surface area contributed by atoms with E-state index in [-0.39, 0.29) is 0 Å². The number of rotatable bonds is 1. The molecule has 2 heteroatoms. The third kappa shape index (κ3) is 1.67. The van der Waals surface area contributed by atoms with Gasteiger partial charge in [-0.3, -0.25) is 0 Å². The topological polar surface area (TPSA) is 12.0 Å². The first-order chi connectivity index (χ1) is 3.93. The predicted molar refractivity (Wildman–Crippen MR) is 39.4 cm³/mol. The molecule has 0 aliphatic carbocycles. The van der Waals surface area contributed by atoms with Crippen molar-refractivity contribution in [3.8, 4) is 0 Å². The number of hydrogen-bond donors (Lipinski definition) is 2. The molecule has 1 heterocycles. The van der Waals surface area contributed by atoms with Gasteiger partial charge in [0.15, 0.2) is 0 Å². The van der Waals surface area contributed by atoms with Gasteiger partial charge in [0, 0.05) is 0 Å². The number of nitrogens with one attached hydrogen (secondary N) is 1. The van der Waals surface area contributed by atoms with Crippen LogP contribution < -0.4 is 5.32 Å². The zero-order chi connectivity index (χ0) is 5.82. The van der Waals surface area contributed by atoms with Crippen molar-refractivity contribution in [3.05, 3.63) is 0 Å². The third-order valence-electron chi connectivity index (χ3n) is 1.66. The van der Waals surface area contributed by atoms with Crippen molar-refractivity contribution in [1.82, 2.24) is 5.32 Å². The highest BCUT2D eigenvalue weighted by Crippen LogP contribution is 2.09. The summed E-state index contributed by atoms with van der Waals surface area (Å²) in [6.45, 7) is 2.40. The first-order valence-corrected chi connectivity index (χ1v) is 3.88. The van der Waals surface area contributed by atoms with Crippen LogP contribution in [0.25, 0.3) is 0 Å². The molecule has 1 N–H and O–H groups in total. The van der Waals surface area contributed by atoms with E-state index in [9.17, 15) is 0 Å². The van der Waals surface area contributed by atoms with Gasteiger partial charge in [-0.05, 0) is 37.6 Å². The van der Waals surface area contributed by atoms with Crippen LogP contribution >= 0.6 is 12.6 Å². The van der Waals surface area contributed by atoms with Gasteiger partial charge in [0.2, 0.25) is 0 Å². The van der Waals surface area contributed by atoms with Crippen LogP contribution in [-0.4, -0.2) is 18.8 Å². The maximum Gasteiger partial charge on any atom is -0.00127 e. The van der Waals surface area contributed by atoms with Crippen LogP contribution in [0.3, 0.4) is 0 Å². The Hall–Kier alpha value is 0.310. The van der Waals surface area contributed by atoms with Crippen molar-refractivity contribution in [1.29, 1.82) is 0 Å². The van der Waals surface area contributed by atoms with Crippen molar-refractivity contribution >= 4 is 12.6 Å². The Kier molecular flexibility index (Phi) is 2.70. The molecule has 0 amide bonds. The van der Waals surface area contributed by atoms with Gasteiger partial charge in [-0.2, -0.15) is 12.6 Å². The zero-order valence-electron chi connectivity index (χ0n) is 5.06. The van der Waals surface area contributed by atoms with Gasteiger partial charge in [-0.25, -0.2) is 0 Å². The Morgan fingerprint density at radius 3 is 2.88 bits per heavy atom. The Labute approximate surface area is 56.3 Å². The second-order valence-corrected chi connectivity index (χ2v) is 2.76. The predicted octanol–water partition coefficient (Wildman–Crippen LogP) is 0.916. The fraction of sp³-hybridized carbons (Fsp3) is 1.00. The monoisotopic (exact) mass is 131 g/mol. The Morgan fingerprint density at radius 2 is 2.50 bits per heavy atom. The third-order valence-corrected chi connectivity index (χ3v) is 2.17. The highest BCUT2D eigenvalue weighted by Gasteiger charge is 2.09. The van der Waals surface area contributed by atoms with Gasteiger partial charge < -0.3 is 5.32 Å². The Bertz CT molecular complexity index is 59.5. The molecule has 0 bridgehead atoms. The van der Waals surface area contributed by atoms with Crippen molar-refractivity contribution in [2.45, 2.75) is 12.8 Å². The van der Waals surface area contributed by atoms with Crippen molar-refractivity contribution < 1.29 is 0 Å². The lowest BCUT2D eigenvalue weighted by molar-refractivity contribution is 0.411. The quantitative estimate of drug-likeness (QED) is 0.504. The second-order valence-electron chi connectivity index (χ2n) is 2.39. The smallest absolute Gasteiger partial charge is 0.00127 e. The average molecular weight is 131 g/mol. The lowest BCUT2D eigenvalue weighted by Crippen LogP contribution is -2.30. The molecular formula is C6H13NS. The first kappa shape index (κ1) is 6.43. The van der Waals surface area contributed by atoms with E-state index in [1.807, 2.05) is 0 Å². The molecule has 0 aromatic rings. The summed E-state index contributed by atoms with van der Waals surface area (Å²) >= 11 is 4.22. The molecule has 0 spiro atoms. The average Bonchev–Trinajstić information content (AvgIpc) is 1.90. The first-order valence-electron chi connectivity index (χ1n) is 3.25. The maximum absolute atomic E-state index is 4.22. The lowest BCUT2D eigenvalue weighted by atomic mass is 10.0. The van der Waals surface area contributed by atoms with Gasteiger partial charge in [-0.1, -0.05) is 0 Å². The molecule has 1 nitrogen and oxygen atoms in total. The summed E-state index contributed by atoms with van der Waals surface area (Å²) in [5, 5.41) is 3.34. The fourth-order valence-electron chi connectivity index (χ4n) is 1.08. The summed E-state index contributed by atoms with van der Waals surface area (Å²) in [6.07, 6.45) is 2.71. The Morgan fingerprint density at radius 1 is 1.62 bits per heavy atom. The summed E-state index contributed by atoms with van der Waals surface area (Å²) in [6, 6.07) is 0. The minimum atomic E-state index is 0.840. The van der Waals surface area contributed by atoms with E-state index in [2.05, 4.69) is 17.9 Å². The molecule has 0 aromatic heterocycles. The van der Waals surface area contributed by atoms with E-state index in [4.69, 9.17) is 0 Å². The Balaban J connectivity index is 2.13. The SMILES string of the molecule is SC[C@@H]1CCCNC1. The number of hydrogen-bond acceptors (Lipinski definition) is 2. The summed E-state index contributed by atoms with van der Waals surface area (Å²) in [5.74, 6) is 1.89. The zero-order valence-corrected chi connectivity index (χ0v) is 5.95. The molecule has 1 atom stereocenters. The standard InChI is InChI=1S/C6H13NS/c8-5-6-2-1-3-7-4-6/h6-8H,1-5H2/t6-/m1/s1. The second kappa shape index (κ2) is 3.36. The van der Waals surface area contributed by atoms with Gasteiger partial charge in [0.25, 0.3) is 0 Å². The van der Waals surface area contributed by atoms with Crippen LogP contribution in [0.1, 0.15) is 12.8 Å². The van der Waals surface area contributed by atoms with E-state index in [1.54, 1.807) is 0 Å². The van der Waals surface area contributed by atoms with E-state index in [1.165, 1.54) is 25.9 Å². The van der Waals surface area contributed by atoms with Crippen molar-refractivity contribution in [2.24, 2.45) is 5.92 Å². The minimum absolute atomic E-state index is 0.840. The van der Waals surface area contributed by atoms with Gasteiger partial charge in [0.1, 0.15) is 0 Å². The number of piperidine rings is 1. The van der Waals surface area contributed by atoms with Crippen LogP contribution in [0.4, 0.5) is 0 Å². The van der Waals surface area contributed by atoms with Crippen LogP contribution in [0, 0.1) is 5.92 Å². The van der Waals surface area contributed by atoms with Crippen LogP contribution in [0.5, 0.6) is 0 Å². The molecular weight excluding hydrogens is 118 g/mol. The molecule has 8 heavy (non-hydrogen) atoms. The largest absolute Gasteiger partial charge is 0.316 e. The molecule has 0 saturated carbocycles. The molecule has 1 fully saturated rings. The summed E-state index contributed by atoms with van der Waals surface area (Å²) in [4.78, 5) is 0. The summed E-state index contributed by atoms with van der Waals surface area (Å²) < 4.78 is 0. The lowest BCUT2D eigenvalue weighted by Gasteiger charge is -2.20. The molecule has 1 saturated heterocycles. The highest BCUT2D eigenvalue weighted by atomic mass is 32.1. The molecule has 1 rings (SSSR count). The molecule has 48 valence electrons.